The molecule has 130 valence electrons. The van der Waals surface area contributed by atoms with Gasteiger partial charge in [0.15, 0.2) is 4.77 Å². The summed E-state index contributed by atoms with van der Waals surface area (Å²) in [6.07, 6.45) is -0.210. The summed E-state index contributed by atoms with van der Waals surface area (Å²) in [6.45, 7) is 1.13. The highest BCUT2D eigenvalue weighted by molar-refractivity contribution is 7.71. The van der Waals surface area contributed by atoms with Crippen molar-refractivity contribution in [3.8, 4) is 0 Å². The molecule has 0 bridgehead atoms. The molecule has 1 aromatic heterocycles. The Kier molecular flexibility index (Phi) is 6.88. The SMILES string of the molecule is COCCOC1C(OC)[C@@H](COC)O[C@H]1c1c[nH]c(=S)[nH]c1=O. The van der Waals surface area contributed by atoms with Crippen molar-refractivity contribution in [3.63, 3.8) is 0 Å². The van der Waals surface area contributed by atoms with E-state index in [1.807, 2.05) is 0 Å². The van der Waals surface area contributed by atoms with E-state index in [9.17, 15) is 4.79 Å². The van der Waals surface area contributed by atoms with Crippen molar-refractivity contribution in [2.24, 2.45) is 0 Å². The first-order chi connectivity index (χ1) is 11.1. The average molecular weight is 346 g/mol. The molecule has 0 aromatic carbocycles. The summed E-state index contributed by atoms with van der Waals surface area (Å²) < 4.78 is 27.8. The first-order valence-corrected chi connectivity index (χ1v) is 7.62. The molecule has 0 spiro atoms. The van der Waals surface area contributed by atoms with Crippen LogP contribution in [0.1, 0.15) is 11.7 Å². The summed E-state index contributed by atoms with van der Waals surface area (Å²) in [5, 5.41) is 0. The van der Waals surface area contributed by atoms with Gasteiger partial charge in [0.25, 0.3) is 5.56 Å². The van der Waals surface area contributed by atoms with Crippen molar-refractivity contribution < 1.29 is 23.7 Å². The zero-order valence-electron chi connectivity index (χ0n) is 13.4. The van der Waals surface area contributed by atoms with Crippen LogP contribution in [0.2, 0.25) is 0 Å². The van der Waals surface area contributed by atoms with E-state index in [1.165, 1.54) is 0 Å². The zero-order valence-corrected chi connectivity index (χ0v) is 14.2. The van der Waals surface area contributed by atoms with Crippen LogP contribution in [-0.2, 0) is 23.7 Å². The molecule has 0 aliphatic carbocycles. The van der Waals surface area contributed by atoms with Crippen LogP contribution in [0, 0.1) is 4.77 Å². The number of hydrogen-bond acceptors (Lipinski definition) is 7. The number of ether oxygens (including phenoxy) is 5. The fraction of sp³-hybridized carbons (Fsp3) is 0.714. The number of nitrogens with one attached hydrogen (secondary N) is 2. The van der Waals surface area contributed by atoms with Crippen LogP contribution in [-0.4, -0.2) is 69.4 Å². The van der Waals surface area contributed by atoms with Crippen LogP contribution >= 0.6 is 12.2 Å². The molecule has 0 radical (unpaired) electrons. The van der Waals surface area contributed by atoms with Crippen LogP contribution in [0.4, 0.5) is 0 Å². The smallest absolute Gasteiger partial charge is 0.257 e. The molecular formula is C14H22N2O6S. The Morgan fingerprint density at radius 2 is 2.00 bits per heavy atom. The molecule has 2 unspecified atom stereocenters. The van der Waals surface area contributed by atoms with Gasteiger partial charge in [0.05, 0.1) is 25.4 Å². The van der Waals surface area contributed by atoms with Gasteiger partial charge in [-0.1, -0.05) is 0 Å². The maximum absolute atomic E-state index is 12.2. The van der Waals surface area contributed by atoms with Crippen LogP contribution < -0.4 is 5.56 Å². The molecule has 9 heteroatoms. The zero-order chi connectivity index (χ0) is 16.8. The lowest BCUT2D eigenvalue weighted by atomic mass is 10.0. The molecule has 2 rings (SSSR count). The van der Waals surface area contributed by atoms with Gasteiger partial charge >= 0.3 is 0 Å². The molecule has 1 aromatic rings. The predicted molar refractivity (Wildman–Crippen MR) is 84.2 cm³/mol. The van der Waals surface area contributed by atoms with Crippen LogP contribution in [0.15, 0.2) is 11.0 Å². The number of H-pyrrole nitrogens is 2. The Morgan fingerprint density at radius 1 is 1.22 bits per heavy atom. The van der Waals surface area contributed by atoms with Crippen molar-refractivity contribution in [2.45, 2.75) is 24.4 Å². The molecule has 0 saturated carbocycles. The lowest BCUT2D eigenvalue weighted by molar-refractivity contribution is -0.0659. The molecule has 8 nitrogen and oxygen atoms in total. The largest absolute Gasteiger partial charge is 0.382 e. The summed E-state index contributed by atoms with van der Waals surface area (Å²) in [5.74, 6) is 0. The van der Waals surface area contributed by atoms with Crippen molar-refractivity contribution in [1.82, 2.24) is 9.97 Å². The lowest BCUT2D eigenvalue weighted by Gasteiger charge is -2.23. The quantitative estimate of drug-likeness (QED) is 0.525. The van der Waals surface area contributed by atoms with Gasteiger partial charge in [-0.25, -0.2) is 0 Å². The van der Waals surface area contributed by atoms with Crippen molar-refractivity contribution in [2.75, 3.05) is 41.2 Å². The highest BCUT2D eigenvalue weighted by Crippen LogP contribution is 2.35. The second-order valence-electron chi connectivity index (χ2n) is 5.11. The Morgan fingerprint density at radius 3 is 2.61 bits per heavy atom. The molecule has 0 amide bonds. The molecule has 2 N–H and O–H groups in total. The van der Waals surface area contributed by atoms with Crippen LogP contribution in [0.5, 0.6) is 0 Å². The van der Waals surface area contributed by atoms with Gasteiger partial charge in [0, 0.05) is 27.5 Å². The van der Waals surface area contributed by atoms with E-state index in [0.717, 1.165) is 0 Å². The minimum atomic E-state index is -0.590. The lowest BCUT2D eigenvalue weighted by Crippen LogP contribution is -2.38. The van der Waals surface area contributed by atoms with E-state index in [1.54, 1.807) is 27.5 Å². The van der Waals surface area contributed by atoms with E-state index in [2.05, 4.69) is 9.97 Å². The Balaban J connectivity index is 2.29. The Labute approximate surface area is 139 Å². The minimum absolute atomic E-state index is 0.255. The average Bonchev–Trinajstić information content (AvgIpc) is 2.85. The number of hydrogen-bond donors (Lipinski definition) is 2. The van der Waals surface area contributed by atoms with E-state index in [0.29, 0.717) is 25.4 Å². The number of methoxy groups -OCH3 is 3. The molecule has 1 aliphatic rings. The highest BCUT2D eigenvalue weighted by atomic mass is 32.1. The fourth-order valence-corrected chi connectivity index (χ4v) is 2.79. The summed E-state index contributed by atoms with van der Waals surface area (Å²) in [5.41, 5.74) is 0.0914. The second kappa shape index (κ2) is 8.67. The summed E-state index contributed by atoms with van der Waals surface area (Å²) in [6, 6.07) is 0. The number of aromatic amines is 2. The third kappa shape index (κ3) is 4.25. The van der Waals surface area contributed by atoms with E-state index in [-0.39, 0.29) is 22.5 Å². The van der Waals surface area contributed by atoms with Gasteiger partial charge in [-0.3, -0.25) is 9.78 Å². The molecule has 1 aliphatic heterocycles. The summed E-state index contributed by atoms with van der Waals surface area (Å²) >= 11 is 4.92. The summed E-state index contributed by atoms with van der Waals surface area (Å²) in [4.78, 5) is 17.6. The van der Waals surface area contributed by atoms with Gasteiger partial charge < -0.3 is 28.7 Å². The molecule has 4 atom stereocenters. The van der Waals surface area contributed by atoms with Gasteiger partial charge in [0.2, 0.25) is 0 Å². The van der Waals surface area contributed by atoms with Crippen LogP contribution in [0.25, 0.3) is 0 Å². The highest BCUT2D eigenvalue weighted by Gasteiger charge is 2.47. The van der Waals surface area contributed by atoms with E-state index >= 15 is 0 Å². The minimum Gasteiger partial charge on any atom is -0.382 e. The molecule has 2 heterocycles. The third-order valence-electron chi connectivity index (χ3n) is 3.67. The van der Waals surface area contributed by atoms with Crippen molar-refractivity contribution >= 4 is 12.2 Å². The Hall–Kier alpha value is -1.10. The van der Waals surface area contributed by atoms with Crippen molar-refractivity contribution in [1.29, 1.82) is 0 Å². The molecule has 1 saturated heterocycles. The maximum atomic E-state index is 12.2. The van der Waals surface area contributed by atoms with Crippen LogP contribution in [0.3, 0.4) is 0 Å². The number of rotatable bonds is 8. The molecular weight excluding hydrogens is 324 g/mol. The third-order valence-corrected chi connectivity index (χ3v) is 3.89. The van der Waals surface area contributed by atoms with Gasteiger partial charge in [0.1, 0.15) is 24.4 Å². The maximum Gasteiger partial charge on any atom is 0.257 e. The van der Waals surface area contributed by atoms with Gasteiger partial charge in [-0.15, -0.1) is 0 Å². The predicted octanol–water partition coefficient (Wildman–Crippen LogP) is 0.565. The first kappa shape index (κ1) is 18.2. The summed E-state index contributed by atoms with van der Waals surface area (Å²) in [7, 11) is 4.75. The molecule has 23 heavy (non-hydrogen) atoms. The van der Waals surface area contributed by atoms with Gasteiger partial charge in [-0.05, 0) is 12.2 Å². The van der Waals surface area contributed by atoms with Gasteiger partial charge in [-0.2, -0.15) is 0 Å². The van der Waals surface area contributed by atoms with E-state index < -0.39 is 12.2 Å². The molecule has 1 fully saturated rings. The first-order valence-electron chi connectivity index (χ1n) is 7.22. The fourth-order valence-electron chi connectivity index (χ4n) is 2.64. The standard InChI is InChI=1S/C14H22N2O6S/c1-18-4-5-21-12-10(8-6-15-14(23)16-13(8)17)22-9(7-19-2)11(12)20-3/h6,9-12H,4-5,7H2,1-3H3,(H2,15,16,17,23)/t9-,10+,11?,12?/m1/s1. The number of aromatic nitrogens is 2. The normalized spacial score (nSPS) is 27.4. The topological polar surface area (TPSA) is 94.8 Å². The second-order valence-corrected chi connectivity index (χ2v) is 5.51. The monoisotopic (exact) mass is 346 g/mol. The van der Waals surface area contributed by atoms with E-state index in [4.69, 9.17) is 35.9 Å². The van der Waals surface area contributed by atoms with Crippen molar-refractivity contribution in [3.05, 3.63) is 26.9 Å². The Bertz CT molecular complexity index is 603.